The largest absolute Gasteiger partial charge is 0.367 e. The van der Waals surface area contributed by atoms with E-state index in [-0.39, 0.29) is 0 Å². The van der Waals surface area contributed by atoms with E-state index in [1.165, 1.54) is 36.7 Å². The fourth-order valence-electron chi connectivity index (χ4n) is 3.64. The summed E-state index contributed by atoms with van der Waals surface area (Å²) in [5, 5.41) is 2.26. The standard InChI is InChI=1S/C23H29B2N/c1-5-9-13-19(8-4)24-20-14-10-15-21(17-20)25-23-16-18(11-6-2)22(26-23)12-7-3/h5-9,11-13,16,20-21,26H,1-3,10,14-15,17H2,4H3/b13-9-,18-11-,19-8+,22-12+. The Balaban J connectivity index is 2.05. The Morgan fingerprint density at radius 2 is 1.88 bits per heavy atom. The molecule has 1 heterocycles. The first-order valence-electron chi connectivity index (χ1n) is 9.49. The van der Waals surface area contributed by atoms with Gasteiger partial charge >= 0.3 is 0 Å². The van der Waals surface area contributed by atoms with Gasteiger partial charge in [0.1, 0.15) is 0 Å². The molecule has 1 aliphatic carbocycles. The summed E-state index contributed by atoms with van der Waals surface area (Å²) in [4.78, 5) is 3.50. The number of hydrogen-bond donors (Lipinski definition) is 1. The van der Waals surface area contributed by atoms with Gasteiger partial charge in [0.25, 0.3) is 0 Å². The summed E-state index contributed by atoms with van der Waals surface area (Å²) in [6, 6.07) is 2.20. The fourth-order valence-corrected chi connectivity index (χ4v) is 3.64. The highest BCUT2D eigenvalue weighted by atomic mass is 14.7. The lowest BCUT2D eigenvalue weighted by molar-refractivity contribution is 0.499. The van der Waals surface area contributed by atoms with Gasteiger partial charge in [-0.15, -0.1) is 0 Å². The highest BCUT2D eigenvalue weighted by Gasteiger charge is 2.24. The third-order valence-corrected chi connectivity index (χ3v) is 4.84. The number of aromatic amines is 1. The van der Waals surface area contributed by atoms with Crippen molar-refractivity contribution in [2.45, 2.75) is 44.2 Å². The van der Waals surface area contributed by atoms with Crippen LogP contribution in [-0.2, 0) is 0 Å². The Morgan fingerprint density at radius 1 is 1.12 bits per heavy atom. The molecule has 0 amide bonds. The van der Waals surface area contributed by atoms with Crippen molar-refractivity contribution in [2.75, 3.05) is 0 Å². The van der Waals surface area contributed by atoms with Crippen LogP contribution in [0.2, 0.25) is 11.6 Å². The van der Waals surface area contributed by atoms with Gasteiger partial charge in [-0.1, -0.05) is 105 Å². The van der Waals surface area contributed by atoms with Crippen LogP contribution in [0.1, 0.15) is 32.6 Å². The van der Waals surface area contributed by atoms with Gasteiger partial charge in [-0.2, -0.15) is 0 Å². The van der Waals surface area contributed by atoms with E-state index in [0.29, 0.717) is 11.6 Å². The van der Waals surface area contributed by atoms with Crippen molar-refractivity contribution < 1.29 is 0 Å². The zero-order chi connectivity index (χ0) is 18.8. The van der Waals surface area contributed by atoms with E-state index in [2.05, 4.69) is 64.4 Å². The van der Waals surface area contributed by atoms with Gasteiger partial charge in [0, 0.05) is 5.35 Å². The molecule has 1 N–H and O–H groups in total. The molecule has 2 radical (unpaired) electrons. The van der Waals surface area contributed by atoms with Crippen molar-refractivity contribution in [3.63, 3.8) is 0 Å². The molecule has 0 spiro atoms. The van der Waals surface area contributed by atoms with E-state index in [9.17, 15) is 0 Å². The number of H-pyrrole nitrogens is 1. The third kappa shape index (κ3) is 5.98. The Kier molecular flexibility index (Phi) is 8.34. The fraction of sp³-hybridized carbons (Fsp3) is 0.304. The molecule has 2 rings (SSSR count). The minimum atomic E-state index is 0.610. The van der Waals surface area contributed by atoms with Crippen LogP contribution in [0.3, 0.4) is 0 Å². The molecule has 1 aromatic rings. The normalized spacial score (nSPS) is 22.4. The van der Waals surface area contributed by atoms with Crippen molar-refractivity contribution in [3.8, 4) is 0 Å². The second-order valence-corrected chi connectivity index (χ2v) is 6.80. The summed E-state index contributed by atoms with van der Waals surface area (Å²) >= 11 is 0. The molecule has 26 heavy (non-hydrogen) atoms. The summed E-state index contributed by atoms with van der Waals surface area (Å²) in [6.07, 6.45) is 20.9. The SMILES string of the molecule is C=C/C=C\C([B]C1CCCC([B]c2cc(=C/C=C)/c(=C\C=C)[nH]2)C1)=C/C. The number of hydrogen-bond acceptors (Lipinski definition) is 0. The molecule has 3 heteroatoms. The van der Waals surface area contributed by atoms with Crippen LogP contribution in [0, 0.1) is 0 Å². The van der Waals surface area contributed by atoms with Crippen molar-refractivity contribution in [1.82, 2.24) is 4.98 Å². The molecule has 132 valence electrons. The quantitative estimate of drug-likeness (QED) is 0.547. The Bertz CT molecular complexity index is 757. The third-order valence-electron chi connectivity index (χ3n) is 4.84. The maximum absolute atomic E-state index is 3.81. The summed E-state index contributed by atoms with van der Waals surface area (Å²) < 4.78 is 0. The van der Waals surface area contributed by atoms with E-state index < -0.39 is 0 Å². The van der Waals surface area contributed by atoms with Crippen LogP contribution in [0.25, 0.3) is 12.2 Å². The van der Waals surface area contributed by atoms with E-state index in [1.54, 1.807) is 0 Å². The molecule has 0 aromatic carbocycles. The van der Waals surface area contributed by atoms with Gasteiger partial charge in [0.2, 0.25) is 0 Å². The zero-order valence-corrected chi connectivity index (χ0v) is 16.0. The molecule has 1 aromatic heterocycles. The van der Waals surface area contributed by atoms with Crippen molar-refractivity contribution in [2.24, 2.45) is 0 Å². The molecule has 0 bridgehead atoms. The maximum atomic E-state index is 3.81. The topological polar surface area (TPSA) is 15.8 Å². The molecule has 1 fully saturated rings. The van der Waals surface area contributed by atoms with Gasteiger partial charge in [0.15, 0.2) is 14.6 Å². The molecule has 2 unspecified atom stereocenters. The number of aromatic nitrogens is 1. The molecule has 2 atom stereocenters. The average Bonchev–Trinajstić information content (AvgIpc) is 3.00. The molecule has 1 aliphatic rings. The molecule has 0 aliphatic heterocycles. The minimum absolute atomic E-state index is 0.610. The summed E-state index contributed by atoms with van der Waals surface area (Å²) in [5.41, 5.74) is 2.48. The van der Waals surface area contributed by atoms with E-state index in [0.717, 1.165) is 10.6 Å². The highest BCUT2D eigenvalue weighted by Crippen LogP contribution is 2.36. The van der Waals surface area contributed by atoms with E-state index in [4.69, 9.17) is 0 Å². The first-order valence-corrected chi connectivity index (χ1v) is 9.49. The lowest BCUT2D eigenvalue weighted by atomic mass is 9.47. The second-order valence-electron chi connectivity index (χ2n) is 6.80. The average molecular weight is 341 g/mol. The monoisotopic (exact) mass is 341 g/mol. The molecule has 1 saturated carbocycles. The Labute approximate surface area is 160 Å². The predicted molar refractivity (Wildman–Crippen MR) is 120 cm³/mol. The smallest absolute Gasteiger partial charge is 0.177 e. The highest BCUT2D eigenvalue weighted by molar-refractivity contribution is 6.54. The van der Waals surface area contributed by atoms with Crippen LogP contribution >= 0.6 is 0 Å². The molecule has 1 nitrogen and oxygen atoms in total. The number of rotatable bonds is 8. The van der Waals surface area contributed by atoms with Gasteiger partial charge in [0.05, 0.1) is 0 Å². The maximum Gasteiger partial charge on any atom is 0.177 e. The molecular formula is C23H29B2N. The van der Waals surface area contributed by atoms with Crippen molar-refractivity contribution in [3.05, 3.63) is 78.3 Å². The molecular weight excluding hydrogens is 312 g/mol. The van der Waals surface area contributed by atoms with Crippen LogP contribution in [0.5, 0.6) is 0 Å². The lowest BCUT2D eigenvalue weighted by Crippen LogP contribution is -2.27. The first kappa shape index (κ1) is 20.2. The zero-order valence-electron chi connectivity index (χ0n) is 16.0. The van der Waals surface area contributed by atoms with Crippen LogP contribution in [0.15, 0.2) is 67.7 Å². The van der Waals surface area contributed by atoms with E-state index in [1.807, 2.05) is 36.5 Å². The summed E-state index contributed by atoms with van der Waals surface area (Å²) in [7, 11) is 4.82. The summed E-state index contributed by atoms with van der Waals surface area (Å²) in [6.45, 7) is 13.5. The Hall–Kier alpha value is -2.15. The van der Waals surface area contributed by atoms with Gasteiger partial charge in [-0.25, -0.2) is 0 Å². The van der Waals surface area contributed by atoms with E-state index >= 15 is 0 Å². The number of allylic oxidation sites excluding steroid dienone is 7. The second kappa shape index (κ2) is 10.8. The lowest BCUT2D eigenvalue weighted by Gasteiger charge is -2.28. The van der Waals surface area contributed by atoms with Crippen LogP contribution < -0.4 is 16.2 Å². The van der Waals surface area contributed by atoms with Crippen molar-refractivity contribution >= 4 is 32.3 Å². The van der Waals surface area contributed by atoms with Crippen molar-refractivity contribution in [1.29, 1.82) is 0 Å². The first-order chi connectivity index (χ1) is 12.7. The van der Waals surface area contributed by atoms with Gasteiger partial charge < -0.3 is 4.98 Å². The minimum Gasteiger partial charge on any atom is -0.367 e. The predicted octanol–water partition coefficient (Wildman–Crippen LogP) is 3.78. The molecule has 0 saturated heterocycles. The van der Waals surface area contributed by atoms with Crippen LogP contribution in [0.4, 0.5) is 0 Å². The Morgan fingerprint density at radius 3 is 2.58 bits per heavy atom. The number of nitrogens with one attached hydrogen (secondary N) is 1. The van der Waals surface area contributed by atoms with Gasteiger partial charge in [-0.3, -0.25) is 0 Å². The van der Waals surface area contributed by atoms with Crippen LogP contribution in [-0.4, -0.2) is 19.5 Å². The summed E-state index contributed by atoms with van der Waals surface area (Å²) in [5.74, 6) is 1.25. The van der Waals surface area contributed by atoms with Gasteiger partial charge in [-0.05, 0) is 29.9 Å².